The van der Waals surface area contributed by atoms with Crippen LogP contribution in [0.15, 0.2) is 24.3 Å². The van der Waals surface area contributed by atoms with E-state index < -0.39 is 0 Å². The van der Waals surface area contributed by atoms with E-state index >= 15 is 0 Å². The first kappa shape index (κ1) is 13.9. The lowest BCUT2D eigenvalue weighted by molar-refractivity contribution is 0.0955. The number of nitrogens with one attached hydrogen (secondary N) is 1. The number of likely N-dealkylation sites (N-methyl/N-ethyl adjacent to an activating group) is 1. The largest absolute Gasteiger partial charge is 0.497 e. The molecule has 4 heteroatoms. The van der Waals surface area contributed by atoms with Crippen LogP contribution in [0.2, 0.25) is 0 Å². The topological polar surface area (TPSA) is 38.3 Å². The maximum absolute atomic E-state index is 11.7. The molecule has 0 saturated heterocycles. The minimum absolute atomic E-state index is 0. The highest BCUT2D eigenvalue weighted by Crippen LogP contribution is 2.12. The van der Waals surface area contributed by atoms with Crippen LogP contribution in [0.1, 0.15) is 17.3 Å². The van der Waals surface area contributed by atoms with Crippen molar-refractivity contribution in [2.75, 3.05) is 14.2 Å². The van der Waals surface area contributed by atoms with Crippen LogP contribution in [0.5, 0.6) is 5.75 Å². The van der Waals surface area contributed by atoms with Gasteiger partial charge in [-0.05, 0) is 38.2 Å². The number of ether oxygens (including phenoxy) is 1. The minimum atomic E-state index is -0.150. The maximum atomic E-state index is 11.7. The molecule has 0 fully saturated rings. The number of carbonyl (C=O) groups excluding carboxylic acids is 1. The van der Waals surface area contributed by atoms with Gasteiger partial charge in [-0.25, -0.2) is 0 Å². The molecule has 1 rings (SSSR count). The van der Waals surface area contributed by atoms with Gasteiger partial charge >= 0.3 is 0 Å². The second kappa shape index (κ2) is 6.43. The van der Waals surface area contributed by atoms with Crippen molar-refractivity contribution in [2.45, 2.75) is 13.0 Å². The first-order valence-corrected chi connectivity index (χ1v) is 4.54. The SMILES string of the molecule is CNC(C)C(=O)c1ccc(OC)cc1.Cl. The van der Waals surface area contributed by atoms with Crippen molar-refractivity contribution in [3.8, 4) is 5.75 Å². The Bertz CT molecular complexity index is 311. The summed E-state index contributed by atoms with van der Waals surface area (Å²) in [5.41, 5.74) is 0.702. The highest BCUT2D eigenvalue weighted by molar-refractivity contribution is 5.99. The summed E-state index contributed by atoms with van der Waals surface area (Å²) in [7, 11) is 3.37. The zero-order chi connectivity index (χ0) is 10.6. The van der Waals surface area contributed by atoms with E-state index in [-0.39, 0.29) is 24.2 Å². The molecule has 1 aromatic carbocycles. The molecule has 1 aromatic rings. The quantitative estimate of drug-likeness (QED) is 0.802. The standard InChI is InChI=1S/C11H15NO2.ClH/c1-8(12-2)11(13)9-4-6-10(14-3)7-5-9;/h4-8,12H,1-3H3;1H. The van der Waals surface area contributed by atoms with Crippen molar-refractivity contribution < 1.29 is 9.53 Å². The average Bonchev–Trinajstić information content (AvgIpc) is 2.27. The van der Waals surface area contributed by atoms with Crippen molar-refractivity contribution in [1.29, 1.82) is 0 Å². The Balaban J connectivity index is 0.00000196. The molecule has 84 valence electrons. The molecule has 0 radical (unpaired) electrons. The molecule has 0 amide bonds. The maximum Gasteiger partial charge on any atom is 0.179 e. The Kier molecular flexibility index (Phi) is 5.97. The lowest BCUT2D eigenvalue weighted by Gasteiger charge is -2.08. The predicted octanol–water partition coefficient (Wildman–Crippen LogP) is 1.91. The van der Waals surface area contributed by atoms with Crippen LogP contribution < -0.4 is 10.1 Å². The number of halogens is 1. The molecule has 0 bridgehead atoms. The van der Waals surface area contributed by atoms with E-state index in [1.165, 1.54) is 0 Å². The van der Waals surface area contributed by atoms with Gasteiger partial charge in [0.15, 0.2) is 5.78 Å². The van der Waals surface area contributed by atoms with Crippen LogP contribution in [0.3, 0.4) is 0 Å². The van der Waals surface area contributed by atoms with Crippen molar-refractivity contribution in [3.63, 3.8) is 0 Å². The van der Waals surface area contributed by atoms with E-state index in [1.54, 1.807) is 38.4 Å². The zero-order valence-corrected chi connectivity index (χ0v) is 9.93. The third-order valence-electron chi connectivity index (χ3n) is 2.20. The molecule has 1 atom stereocenters. The summed E-state index contributed by atoms with van der Waals surface area (Å²) in [4.78, 5) is 11.7. The smallest absolute Gasteiger partial charge is 0.179 e. The molecule has 0 saturated carbocycles. The third-order valence-corrected chi connectivity index (χ3v) is 2.20. The second-order valence-corrected chi connectivity index (χ2v) is 3.10. The predicted molar refractivity (Wildman–Crippen MR) is 63.1 cm³/mol. The molecule has 0 spiro atoms. The van der Waals surface area contributed by atoms with Gasteiger partial charge in [-0.1, -0.05) is 0 Å². The molecule has 0 aliphatic heterocycles. The molecule has 0 heterocycles. The molecular weight excluding hydrogens is 214 g/mol. The van der Waals surface area contributed by atoms with Gasteiger partial charge in [0.05, 0.1) is 13.2 Å². The number of Topliss-reactive ketones (excluding diaryl/α,β-unsaturated/α-hetero) is 1. The number of benzene rings is 1. The number of methoxy groups -OCH3 is 1. The Morgan fingerprint density at radius 1 is 1.33 bits per heavy atom. The number of hydrogen-bond acceptors (Lipinski definition) is 3. The Hall–Kier alpha value is -1.06. The van der Waals surface area contributed by atoms with Crippen molar-refractivity contribution >= 4 is 18.2 Å². The molecular formula is C11H16ClNO2. The minimum Gasteiger partial charge on any atom is -0.497 e. The van der Waals surface area contributed by atoms with Crippen molar-refractivity contribution in [3.05, 3.63) is 29.8 Å². The first-order chi connectivity index (χ1) is 6.69. The van der Waals surface area contributed by atoms with Gasteiger partial charge in [-0.2, -0.15) is 0 Å². The molecule has 1 unspecified atom stereocenters. The Morgan fingerprint density at radius 3 is 2.27 bits per heavy atom. The van der Waals surface area contributed by atoms with Crippen LogP contribution in [-0.2, 0) is 0 Å². The molecule has 0 aliphatic carbocycles. The third kappa shape index (κ3) is 3.53. The lowest BCUT2D eigenvalue weighted by atomic mass is 10.1. The number of rotatable bonds is 4. The zero-order valence-electron chi connectivity index (χ0n) is 9.11. The van der Waals surface area contributed by atoms with Crippen LogP contribution in [0.25, 0.3) is 0 Å². The number of carbonyl (C=O) groups is 1. The first-order valence-electron chi connectivity index (χ1n) is 4.54. The van der Waals surface area contributed by atoms with E-state index in [0.717, 1.165) is 5.75 Å². The van der Waals surface area contributed by atoms with Crippen LogP contribution in [0.4, 0.5) is 0 Å². The summed E-state index contributed by atoms with van der Waals surface area (Å²) in [5, 5.41) is 2.91. The van der Waals surface area contributed by atoms with Crippen LogP contribution >= 0.6 is 12.4 Å². The Morgan fingerprint density at radius 2 is 1.87 bits per heavy atom. The van der Waals surface area contributed by atoms with Gasteiger partial charge in [-0.15, -0.1) is 12.4 Å². The molecule has 3 nitrogen and oxygen atoms in total. The van der Waals surface area contributed by atoms with Gasteiger partial charge in [-0.3, -0.25) is 4.79 Å². The van der Waals surface area contributed by atoms with E-state index in [4.69, 9.17) is 4.74 Å². The van der Waals surface area contributed by atoms with E-state index in [0.29, 0.717) is 5.56 Å². The molecule has 0 aromatic heterocycles. The summed E-state index contributed by atoms with van der Waals surface area (Å²) in [5.74, 6) is 0.855. The van der Waals surface area contributed by atoms with E-state index in [9.17, 15) is 4.79 Å². The average molecular weight is 230 g/mol. The van der Waals surface area contributed by atoms with Gasteiger partial charge in [0.1, 0.15) is 5.75 Å². The van der Waals surface area contributed by atoms with Crippen molar-refractivity contribution in [2.24, 2.45) is 0 Å². The summed E-state index contributed by atoms with van der Waals surface area (Å²) in [6, 6.07) is 6.97. The van der Waals surface area contributed by atoms with Crippen LogP contribution in [-0.4, -0.2) is 26.0 Å². The normalized spacial score (nSPS) is 11.4. The lowest BCUT2D eigenvalue weighted by Crippen LogP contribution is -2.30. The molecule has 0 aliphatic rings. The number of hydrogen-bond donors (Lipinski definition) is 1. The van der Waals surface area contributed by atoms with E-state index in [2.05, 4.69) is 5.32 Å². The summed E-state index contributed by atoms with van der Waals surface area (Å²) < 4.78 is 5.01. The monoisotopic (exact) mass is 229 g/mol. The second-order valence-electron chi connectivity index (χ2n) is 3.10. The summed E-state index contributed by atoms with van der Waals surface area (Å²) >= 11 is 0. The fourth-order valence-electron chi connectivity index (χ4n) is 1.14. The van der Waals surface area contributed by atoms with Gasteiger partial charge in [0, 0.05) is 5.56 Å². The molecule has 1 N–H and O–H groups in total. The molecule has 15 heavy (non-hydrogen) atoms. The Labute approximate surface area is 96.2 Å². The van der Waals surface area contributed by atoms with Gasteiger partial charge < -0.3 is 10.1 Å². The highest BCUT2D eigenvalue weighted by Gasteiger charge is 2.12. The fraction of sp³-hybridized carbons (Fsp3) is 0.364. The summed E-state index contributed by atoms with van der Waals surface area (Å²) in [6.07, 6.45) is 0. The summed E-state index contributed by atoms with van der Waals surface area (Å²) in [6.45, 7) is 1.84. The highest BCUT2D eigenvalue weighted by atomic mass is 35.5. The number of ketones is 1. The van der Waals surface area contributed by atoms with Crippen LogP contribution in [0, 0.1) is 0 Å². The fourth-order valence-corrected chi connectivity index (χ4v) is 1.14. The van der Waals surface area contributed by atoms with Gasteiger partial charge in [0.2, 0.25) is 0 Å². The van der Waals surface area contributed by atoms with Gasteiger partial charge in [0.25, 0.3) is 0 Å². The van der Waals surface area contributed by atoms with E-state index in [1.807, 2.05) is 6.92 Å². The van der Waals surface area contributed by atoms with Crippen molar-refractivity contribution in [1.82, 2.24) is 5.32 Å².